The molecular formula is C8H6O3S. The van der Waals surface area contributed by atoms with Gasteiger partial charge in [-0.25, -0.2) is 0 Å². The summed E-state index contributed by atoms with van der Waals surface area (Å²) in [5.41, 5.74) is 0.551. The van der Waals surface area contributed by atoms with E-state index in [4.69, 9.17) is 4.55 Å². The lowest BCUT2D eigenvalue weighted by molar-refractivity contribution is 0.496. The van der Waals surface area contributed by atoms with E-state index in [1.165, 1.54) is 0 Å². The zero-order valence-corrected chi connectivity index (χ0v) is 6.88. The summed E-state index contributed by atoms with van der Waals surface area (Å²) in [6.45, 7) is 0. The van der Waals surface area contributed by atoms with Crippen LogP contribution in [0.15, 0.2) is 30.3 Å². The Kier molecular flexibility index (Phi) is 2.48. The van der Waals surface area contributed by atoms with Crippen molar-refractivity contribution < 1.29 is 13.0 Å². The highest BCUT2D eigenvalue weighted by Crippen LogP contribution is 1.94. The molecule has 0 bridgehead atoms. The normalized spacial score (nSPS) is 10.1. The number of hydrogen-bond acceptors (Lipinski definition) is 2. The van der Waals surface area contributed by atoms with Gasteiger partial charge in [-0.3, -0.25) is 4.55 Å². The molecule has 0 atom stereocenters. The van der Waals surface area contributed by atoms with E-state index in [0.29, 0.717) is 5.56 Å². The molecule has 0 aliphatic rings. The lowest BCUT2D eigenvalue weighted by Crippen LogP contribution is -1.89. The van der Waals surface area contributed by atoms with Crippen LogP contribution in [0.3, 0.4) is 0 Å². The summed E-state index contributed by atoms with van der Waals surface area (Å²) in [6, 6.07) is 8.55. The SMILES string of the molecule is O=S(=O)(O)C#Cc1ccccc1. The molecular weight excluding hydrogens is 176 g/mol. The molecule has 0 saturated heterocycles. The molecule has 4 heteroatoms. The molecule has 12 heavy (non-hydrogen) atoms. The van der Waals surface area contributed by atoms with Gasteiger partial charge in [0.25, 0.3) is 0 Å². The molecule has 0 spiro atoms. The van der Waals surface area contributed by atoms with Crippen molar-refractivity contribution in [2.45, 2.75) is 0 Å². The van der Waals surface area contributed by atoms with Crippen molar-refractivity contribution in [3.05, 3.63) is 35.9 Å². The molecule has 1 rings (SSSR count). The van der Waals surface area contributed by atoms with Crippen molar-refractivity contribution in [3.8, 4) is 11.2 Å². The second kappa shape index (κ2) is 3.39. The Morgan fingerprint density at radius 2 is 1.75 bits per heavy atom. The average Bonchev–Trinajstić information content (AvgIpc) is 2.02. The van der Waals surface area contributed by atoms with Crippen LogP contribution >= 0.6 is 0 Å². The van der Waals surface area contributed by atoms with Crippen molar-refractivity contribution >= 4 is 10.1 Å². The van der Waals surface area contributed by atoms with Gasteiger partial charge in [-0.15, -0.1) is 0 Å². The highest BCUT2D eigenvalue weighted by molar-refractivity contribution is 7.90. The quantitative estimate of drug-likeness (QED) is 0.478. The maximum Gasteiger partial charge on any atom is 0.335 e. The first kappa shape index (κ1) is 8.78. The standard InChI is InChI=1S/C8H6O3S/c9-12(10,11)7-6-8-4-2-1-3-5-8/h1-5H,(H,9,10,11). The summed E-state index contributed by atoms with van der Waals surface area (Å²) in [5.74, 6) is 2.30. The van der Waals surface area contributed by atoms with Crippen molar-refractivity contribution in [2.24, 2.45) is 0 Å². The third kappa shape index (κ3) is 3.19. The fourth-order valence-electron chi connectivity index (χ4n) is 0.645. The molecule has 1 aromatic carbocycles. The highest BCUT2D eigenvalue weighted by atomic mass is 32.2. The summed E-state index contributed by atoms with van der Waals surface area (Å²) >= 11 is 0. The van der Waals surface area contributed by atoms with E-state index >= 15 is 0 Å². The largest absolute Gasteiger partial charge is 0.335 e. The lowest BCUT2D eigenvalue weighted by atomic mass is 10.2. The molecule has 0 aliphatic heterocycles. The van der Waals surface area contributed by atoms with Crippen LogP contribution in [0.1, 0.15) is 5.56 Å². The number of benzene rings is 1. The molecule has 0 radical (unpaired) electrons. The minimum atomic E-state index is -4.18. The van der Waals surface area contributed by atoms with Crippen molar-refractivity contribution in [1.82, 2.24) is 0 Å². The van der Waals surface area contributed by atoms with Gasteiger partial charge in [0.1, 0.15) is 0 Å². The summed E-state index contributed by atoms with van der Waals surface area (Å²) in [5, 5.41) is 1.72. The zero-order chi connectivity index (χ0) is 9.03. The molecule has 0 saturated carbocycles. The van der Waals surface area contributed by atoms with Gasteiger partial charge in [0, 0.05) is 5.56 Å². The van der Waals surface area contributed by atoms with Crippen LogP contribution in [0, 0.1) is 11.2 Å². The van der Waals surface area contributed by atoms with E-state index in [-0.39, 0.29) is 0 Å². The summed E-state index contributed by atoms with van der Waals surface area (Å²) in [7, 11) is -4.18. The average molecular weight is 182 g/mol. The zero-order valence-electron chi connectivity index (χ0n) is 6.06. The summed E-state index contributed by atoms with van der Waals surface area (Å²) in [4.78, 5) is 0. The van der Waals surface area contributed by atoms with E-state index in [0.717, 1.165) is 0 Å². The molecule has 1 aromatic rings. The van der Waals surface area contributed by atoms with Crippen LogP contribution in [0.2, 0.25) is 0 Å². The van der Waals surface area contributed by atoms with Crippen LogP contribution in [0.4, 0.5) is 0 Å². The third-order valence-electron chi connectivity index (χ3n) is 1.10. The monoisotopic (exact) mass is 182 g/mol. The van der Waals surface area contributed by atoms with Crippen molar-refractivity contribution in [1.29, 1.82) is 0 Å². The Balaban J connectivity index is 2.96. The van der Waals surface area contributed by atoms with Gasteiger partial charge in [-0.2, -0.15) is 8.42 Å². The molecule has 0 heterocycles. The first-order chi connectivity index (χ1) is 5.58. The maximum atomic E-state index is 10.2. The Labute approximate surface area is 70.8 Å². The molecule has 0 aliphatic carbocycles. The van der Waals surface area contributed by atoms with Gasteiger partial charge in [0.15, 0.2) is 0 Å². The van der Waals surface area contributed by atoms with E-state index < -0.39 is 10.1 Å². The molecule has 0 fully saturated rings. The molecule has 62 valence electrons. The Morgan fingerprint density at radius 3 is 2.25 bits per heavy atom. The van der Waals surface area contributed by atoms with Crippen molar-refractivity contribution in [3.63, 3.8) is 0 Å². The highest BCUT2D eigenvalue weighted by Gasteiger charge is 1.93. The minimum Gasteiger partial charge on any atom is -0.276 e. The maximum absolute atomic E-state index is 10.2. The van der Waals surface area contributed by atoms with E-state index in [1.54, 1.807) is 35.6 Å². The Morgan fingerprint density at radius 1 is 1.17 bits per heavy atom. The topological polar surface area (TPSA) is 54.4 Å². The van der Waals surface area contributed by atoms with Crippen LogP contribution in [0.5, 0.6) is 0 Å². The van der Waals surface area contributed by atoms with E-state index in [2.05, 4.69) is 5.92 Å². The fourth-order valence-corrected chi connectivity index (χ4v) is 0.892. The second-order valence-electron chi connectivity index (χ2n) is 2.07. The first-order valence-electron chi connectivity index (χ1n) is 3.13. The van der Waals surface area contributed by atoms with Gasteiger partial charge < -0.3 is 0 Å². The first-order valence-corrected chi connectivity index (χ1v) is 4.57. The Bertz CT molecular complexity index is 409. The van der Waals surface area contributed by atoms with Gasteiger partial charge in [0.05, 0.1) is 5.25 Å². The third-order valence-corrected chi connectivity index (χ3v) is 1.46. The van der Waals surface area contributed by atoms with E-state index in [1.807, 2.05) is 0 Å². The second-order valence-corrected chi connectivity index (χ2v) is 3.22. The van der Waals surface area contributed by atoms with Crippen molar-refractivity contribution in [2.75, 3.05) is 0 Å². The van der Waals surface area contributed by atoms with Gasteiger partial charge in [-0.05, 0) is 18.1 Å². The van der Waals surface area contributed by atoms with Gasteiger partial charge in [0.2, 0.25) is 0 Å². The summed E-state index contributed by atoms with van der Waals surface area (Å²) < 4.78 is 28.7. The summed E-state index contributed by atoms with van der Waals surface area (Å²) in [6.07, 6.45) is 0. The molecule has 0 amide bonds. The van der Waals surface area contributed by atoms with E-state index in [9.17, 15) is 8.42 Å². The smallest absolute Gasteiger partial charge is 0.276 e. The van der Waals surface area contributed by atoms with Gasteiger partial charge >= 0.3 is 10.1 Å². The molecule has 3 nitrogen and oxygen atoms in total. The molecule has 1 N–H and O–H groups in total. The number of hydrogen-bond donors (Lipinski definition) is 1. The fraction of sp³-hybridized carbons (Fsp3) is 0. The Hall–Kier alpha value is -1.31. The lowest BCUT2D eigenvalue weighted by Gasteiger charge is -1.84. The minimum absolute atomic E-state index is 0.551. The molecule has 0 unspecified atom stereocenters. The predicted molar refractivity (Wildman–Crippen MR) is 44.9 cm³/mol. The number of rotatable bonds is 0. The van der Waals surface area contributed by atoms with Crippen LogP contribution < -0.4 is 0 Å². The van der Waals surface area contributed by atoms with Crippen LogP contribution in [-0.2, 0) is 10.1 Å². The predicted octanol–water partition coefficient (Wildman–Crippen LogP) is 0.883. The molecule has 0 aromatic heterocycles. The van der Waals surface area contributed by atoms with Crippen LogP contribution in [0.25, 0.3) is 0 Å². The van der Waals surface area contributed by atoms with Crippen LogP contribution in [-0.4, -0.2) is 13.0 Å². The van der Waals surface area contributed by atoms with Gasteiger partial charge in [-0.1, -0.05) is 18.2 Å².